The number of rotatable bonds is 6. The van der Waals surface area contributed by atoms with E-state index in [-0.39, 0.29) is 11.7 Å². The van der Waals surface area contributed by atoms with Gasteiger partial charge in [0, 0.05) is 42.9 Å². The molecule has 4 rings (SSSR count). The monoisotopic (exact) mass is 395 g/mol. The van der Waals surface area contributed by atoms with Crippen molar-refractivity contribution in [3.8, 4) is 0 Å². The van der Waals surface area contributed by atoms with E-state index < -0.39 is 0 Å². The maximum atomic E-state index is 12.1. The van der Waals surface area contributed by atoms with Gasteiger partial charge in [0.25, 0.3) is 5.91 Å². The molecule has 28 heavy (non-hydrogen) atoms. The van der Waals surface area contributed by atoms with Crippen LogP contribution in [-0.2, 0) is 6.54 Å². The van der Waals surface area contributed by atoms with Crippen molar-refractivity contribution in [1.82, 2.24) is 9.97 Å². The maximum absolute atomic E-state index is 12.1. The Labute approximate surface area is 167 Å². The number of carbonyl (C=O) groups excluding carboxylic acids is 1. The number of hydrogen-bond acceptors (Lipinski definition) is 7. The van der Waals surface area contributed by atoms with Crippen LogP contribution in [0.4, 0.5) is 17.3 Å². The molecular weight excluding hydrogens is 374 g/mol. The number of nitrogens with zero attached hydrogens (tertiary/aromatic N) is 3. The molecular formula is C20H21N5O2S. The fourth-order valence-electron chi connectivity index (χ4n) is 2.96. The number of amides is 1. The highest BCUT2D eigenvalue weighted by molar-refractivity contribution is 7.99. The average Bonchev–Trinajstić information content (AvgIpc) is 3.29. The predicted molar refractivity (Wildman–Crippen MR) is 112 cm³/mol. The second-order valence-electron chi connectivity index (χ2n) is 6.35. The Bertz CT molecular complexity index is 926. The van der Waals surface area contributed by atoms with Crippen LogP contribution in [0.25, 0.3) is 0 Å². The first-order valence-electron chi connectivity index (χ1n) is 9.10. The summed E-state index contributed by atoms with van der Waals surface area (Å²) < 4.78 is 5.12. The van der Waals surface area contributed by atoms with Gasteiger partial charge in [0.15, 0.2) is 5.76 Å². The number of thioether (sulfide) groups is 1. The predicted octanol–water partition coefficient (Wildman–Crippen LogP) is 3.49. The number of nitrogens with one attached hydrogen (secondary N) is 2. The minimum absolute atomic E-state index is 0.268. The van der Waals surface area contributed by atoms with Crippen molar-refractivity contribution in [2.75, 3.05) is 40.1 Å². The molecule has 0 saturated carbocycles. The highest BCUT2D eigenvalue weighted by Gasteiger charge is 2.13. The van der Waals surface area contributed by atoms with Gasteiger partial charge in [0.05, 0.1) is 6.26 Å². The molecule has 0 spiro atoms. The average molecular weight is 395 g/mol. The molecule has 0 atom stereocenters. The van der Waals surface area contributed by atoms with E-state index in [0.717, 1.165) is 47.5 Å². The summed E-state index contributed by atoms with van der Waals surface area (Å²) in [6.45, 7) is 2.62. The molecule has 0 unspecified atom stereocenters. The quantitative estimate of drug-likeness (QED) is 0.661. The van der Waals surface area contributed by atoms with Crippen molar-refractivity contribution in [2.45, 2.75) is 6.54 Å². The topological polar surface area (TPSA) is 83.3 Å². The van der Waals surface area contributed by atoms with Gasteiger partial charge in [-0.15, -0.1) is 0 Å². The molecule has 1 saturated heterocycles. The van der Waals surface area contributed by atoms with Crippen molar-refractivity contribution in [1.29, 1.82) is 0 Å². The molecule has 1 aliphatic rings. The van der Waals surface area contributed by atoms with Crippen molar-refractivity contribution < 1.29 is 9.21 Å². The summed E-state index contributed by atoms with van der Waals surface area (Å²) in [5, 5.41) is 6.17. The van der Waals surface area contributed by atoms with Crippen LogP contribution in [0.2, 0.25) is 0 Å². The number of aromatic nitrogens is 2. The molecule has 3 heterocycles. The molecule has 1 amide bonds. The molecule has 1 fully saturated rings. The Morgan fingerprint density at radius 2 is 2.04 bits per heavy atom. The molecule has 2 N–H and O–H groups in total. The molecule has 1 aromatic carbocycles. The lowest BCUT2D eigenvalue weighted by atomic mass is 10.2. The highest BCUT2D eigenvalue weighted by Crippen LogP contribution is 2.19. The zero-order valence-corrected chi connectivity index (χ0v) is 16.1. The number of anilines is 3. The zero-order chi connectivity index (χ0) is 19.2. The summed E-state index contributed by atoms with van der Waals surface area (Å²) in [6, 6.07) is 13.0. The third-order valence-electron chi connectivity index (χ3n) is 4.39. The minimum atomic E-state index is -0.268. The Balaban J connectivity index is 1.38. The molecule has 0 radical (unpaired) electrons. The second kappa shape index (κ2) is 8.79. The summed E-state index contributed by atoms with van der Waals surface area (Å²) in [6.07, 6.45) is 3.08. The van der Waals surface area contributed by atoms with Crippen molar-refractivity contribution in [2.24, 2.45) is 0 Å². The van der Waals surface area contributed by atoms with Gasteiger partial charge in [-0.25, -0.2) is 9.97 Å². The van der Waals surface area contributed by atoms with Crippen LogP contribution in [-0.4, -0.2) is 40.5 Å². The number of furan rings is 1. The Hall–Kier alpha value is -3.00. The Morgan fingerprint density at radius 3 is 2.86 bits per heavy atom. The smallest absolute Gasteiger partial charge is 0.291 e. The molecule has 0 bridgehead atoms. The van der Waals surface area contributed by atoms with Crippen LogP contribution in [0.3, 0.4) is 0 Å². The summed E-state index contributed by atoms with van der Waals surface area (Å²) in [5.74, 6) is 4.01. The van der Waals surface area contributed by atoms with Gasteiger partial charge in [-0.3, -0.25) is 4.79 Å². The molecule has 7 nitrogen and oxygen atoms in total. The molecule has 0 aliphatic carbocycles. The first-order chi connectivity index (χ1) is 13.8. The first-order valence-corrected chi connectivity index (χ1v) is 10.3. The van der Waals surface area contributed by atoms with Gasteiger partial charge in [-0.2, -0.15) is 11.8 Å². The largest absolute Gasteiger partial charge is 0.459 e. The Morgan fingerprint density at radius 1 is 1.14 bits per heavy atom. The van der Waals surface area contributed by atoms with E-state index >= 15 is 0 Å². The van der Waals surface area contributed by atoms with Gasteiger partial charge in [-0.05, 0) is 29.8 Å². The van der Waals surface area contributed by atoms with Gasteiger partial charge in [-0.1, -0.05) is 12.1 Å². The normalized spacial score (nSPS) is 13.9. The maximum Gasteiger partial charge on any atom is 0.291 e. The minimum Gasteiger partial charge on any atom is -0.459 e. The van der Waals surface area contributed by atoms with Crippen molar-refractivity contribution in [3.63, 3.8) is 0 Å². The molecule has 1 aliphatic heterocycles. The lowest BCUT2D eigenvalue weighted by Gasteiger charge is -2.27. The van der Waals surface area contributed by atoms with E-state index in [1.807, 2.05) is 42.1 Å². The third-order valence-corrected chi connectivity index (χ3v) is 5.33. The number of benzene rings is 1. The fourth-order valence-corrected chi connectivity index (χ4v) is 3.86. The number of hydrogen-bond donors (Lipinski definition) is 2. The SMILES string of the molecule is O=C(Nc1cccc(CNc2cc(N3CCSCC3)ncn2)c1)c1ccco1. The van der Waals surface area contributed by atoms with E-state index in [1.54, 1.807) is 18.5 Å². The van der Waals surface area contributed by atoms with Gasteiger partial charge < -0.3 is 20.0 Å². The van der Waals surface area contributed by atoms with E-state index in [9.17, 15) is 4.79 Å². The van der Waals surface area contributed by atoms with Crippen LogP contribution in [0.1, 0.15) is 16.1 Å². The molecule has 8 heteroatoms. The van der Waals surface area contributed by atoms with Crippen LogP contribution >= 0.6 is 11.8 Å². The van der Waals surface area contributed by atoms with Gasteiger partial charge in [0.1, 0.15) is 18.0 Å². The summed E-state index contributed by atoms with van der Waals surface area (Å²) in [4.78, 5) is 23.1. The van der Waals surface area contributed by atoms with Crippen LogP contribution in [0.5, 0.6) is 0 Å². The zero-order valence-electron chi connectivity index (χ0n) is 15.3. The lowest BCUT2D eigenvalue weighted by Crippen LogP contribution is -2.33. The van der Waals surface area contributed by atoms with E-state index in [0.29, 0.717) is 6.54 Å². The highest BCUT2D eigenvalue weighted by atomic mass is 32.2. The summed E-state index contributed by atoms with van der Waals surface area (Å²) >= 11 is 1.97. The standard InChI is InChI=1S/C20H21N5O2S/c26-20(17-5-2-8-27-17)24-16-4-1-3-15(11-16)13-21-18-12-19(23-14-22-18)25-6-9-28-10-7-25/h1-5,8,11-12,14H,6-7,9-10,13H2,(H,24,26)(H,21,22,23). The van der Waals surface area contributed by atoms with Crippen LogP contribution in [0.15, 0.2) is 59.5 Å². The van der Waals surface area contributed by atoms with E-state index in [1.165, 1.54) is 6.26 Å². The summed E-state index contributed by atoms with van der Waals surface area (Å²) in [5.41, 5.74) is 1.75. The van der Waals surface area contributed by atoms with Crippen molar-refractivity contribution >= 4 is 35.0 Å². The molecule has 2 aromatic heterocycles. The molecule has 144 valence electrons. The molecule has 3 aromatic rings. The lowest BCUT2D eigenvalue weighted by molar-refractivity contribution is 0.0996. The van der Waals surface area contributed by atoms with Crippen molar-refractivity contribution in [3.05, 3.63) is 66.4 Å². The third kappa shape index (κ3) is 4.64. The van der Waals surface area contributed by atoms with Gasteiger partial charge >= 0.3 is 0 Å². The second-order valence-corrected chi connectivity index (χ2v) is 7.57. The van der Waals surface area contributed by atoms with E-state index in [2.05, 4.69) is 25.5 Å². The Kier molecular flexibility index (Phi) is 5.77. The van der Waals surface area contributed by atoms with Gasteiger partial charge in [0.2, 0.25) is 0 Å². The number of carbonyl (C=O) groups is 1. The van der Waals surface area contributed by atoms with Crippen LogP contribution in [0, 0.1) is 0 Å². The van der Waals surface area contributed by atoms with E-state index in [4.69, 9.17) is 4.42 Å². The first kappa shape index (κ1) is 18.4. The fraction of sp³-hybridized carbons (Fsp3) is 0.250. The van der Waals surface area contributed by atoms with Crippen LogP contribution < -0.4 is 15.5 Å². The summed E-state index contributed by atoms with van der Waals surface area (Å²) in [7, 11) is 0.